The Kier molecular flexibility index (Phi) is 4.97. The summed E-state index contributed by atoms with van der Waals surface area (Å²) in [4.78, 5) is 27.3. The zero-order valence-corrected chi connectivity index (χ0v) is 16.7. The maximum absolute atomic E-state index is 13.0. The molecule has 3 amide bonds. The van der Waals surface area contributed by atoms with Crippen molar-refractivity contribution in [3.8, 4) is 11.5 Å². The highest BCUT2D eigenvalue weighted by molar-refractivity contribution is 5.81. The number of ether oxygens (including phenoxy) is 2. The second kappa shape index (κ2) is 7.76. The van der Waals surface area contributed by atoms with Crippen molar-refractivity contribution in [2.75, 3.05) is 26.3 Å². The van der Waals surface area contributed by atoms with E-state index in [1.165, 1.54) is 0 Å². The van der Waals surface area contributed by atoms with Gasteiger partial charge in [0.1, 0.15) is 13.2 Å². The van der Waals surface area contributed by atoms with Crippen LogP contribution in [0.5, 0.6) is 11.5 Å². The first-order valence-corrected chi connectivity index (χ1v) is 10.9. The zero-order chi connectivity index (χ0) is 19.8. The van der Waals surface area contributed by atoms with E-state index in [0.29, 0.717) is 38.3 Å². The van der Waals surface area contributed by atoms with Crippen LogP contribution in [-0.4, -0.2) is 49.2 Å². The summed E-state index contributed by atoms with van der Waals surface area (Å²) >= 11 is 0. The average molecular weight is 399 g/mol. The van der Waals surface area contributed by atoms with Crippen molar-refractivity contribution in [2.24, 2.45) is 11.8 Å². The fourth-order valence-corrected chi connectivity index (χ4v) is 4.30. The van der Waals surface area contributed by atoms with Gasteiger partial charge in [0, 0.05) is 19.1 Å². The number of amides is 3. The number of piperidine rings is 1. The number of likely N-dealkylation sites (tertiary alicyclic amines) is 1. The Morgan fingerprint density at radius 2 is 1.83 bits per heavy atom. The minimum atomic E-state index is -0.0937. The topological polar surface area (TPSA) is 79.9 Å². The van der Waals surface area contributed by atoms with Gasteiger partial charge in [-0.3, -0.25) is 4.79 Å². The summed E-state index contributed by atoms with van der Waals surface area (Å²) in [7, 11) is 0. The molecule has 7 heteroatoms. The molecule has 0 aromatic heterocycles. The molecule has 0 spiro atoms. The van der Waals surface area contributed by atoms with Crippen LogP contribution in [-0.2, 0) is 4.79 Å². The standard InChI is InChI=1S/C22H29N3O4/c26-21(23-17-6-7-17)16-2-1-9-25(13-16)22(27)24-20(14-3-4-14)15-5-8-18-19(12-15)29-11-10-28-18/h5,8,12,14,16-17,20H,1-4,6-7,9-11,13H2,(H,23,26)(H,24,27). The Morgan fingerprint density at radius 1 is 1.03 bits per heavy atom. The van der Waals surface area contributed by atoms with Gasteiger partial charge < -0.3 is 25.0 Å². The number of benzene rings is 1. The van der Waals surface area contributed by atoms with Crippen LogP contribution in [0.2, 0.25) is 0 Å². The maximum atomic E-state index is 13.0. The number of hydrogen-bond acceptors (Lipinski definition) is 4. The van der Waals surface area contributed by atoms with Gasteiger partial charge in [-0.15, -0.1) is 0 Å². The van der Waals surface area contributed by atoms with Crippen molar-refractivity contribution in [2.45, 2.75) is 50.6 Å². The molecular formula is C22H29N3O4. The minimum absolute atomic E-state index is 0.0287. The predicted octanol–water partition coefficient (Wildman–Crippen LogP) is 2.61. The third-order valence-electron chi connectivity index (χ3n) is 6.30. The third-order valence-corrected chi connectivity index (χ3v) is 6.30. The number of fused-ring (bicyclic) bond motifs is 1. The summed E-state index contributed by atoms with van der Waals surface area (Å²) in [5, 5.41) is 6.33. The number of nitrogens with zero attached hydrogens (tertiary/aromatic N) is 1. The molecule has 1 saturated heterocycles. The Bertz CT molecular complexity index is 790. The molecule has 2 aliphatic carbocycles. The summed E-state index contributed by atoms with van der Waals surface area (Å²) in [5.74, 6) is 1.99. The van der Waals surface area contributed by atoms with Gasteiger partial charge in [0.05, 0.1) is 12.0 Å². The average Bonchev–Trinajstić information content (AvgIpc) is 3.67. The highest BCUT2D eigenvalue weighted by Crippen LogP contribution is 2.43. The summed E-state index contributed by atoms with van der Waals surface area (Å²) in [5.41, 5.74) is 1.06. The Balaban J connectivity index is 1.25. The molecule has 156 valence electrons. The van der Waals surface area contributed by atoms with Crippen LogP contribution in [0, 0.1) is 11.8 Å². The van der Waals surface area contributed by atoms with Gasteiger partial charge in [-0.05, 0) is 62.1 Å². The van der Waals surface area contributed by atoms with Crippen molar-refractivity contribution in [1.82, 2.24) is 15.5 Å². The molecule has 0 bridgehead atoms. The minimum Gasteiger partial charge on any atom is -0.486 e. The summed E-state index contributed by atoms with van der Waals surface area (Å²) in [6.07, 6.45) is 6.13. The fraction of sp³-hybridized carbons (Fsp3) is 0.636. The van der Waals surface area contributed by atoms with Crippen molar-refractivity contribution < 1.29 is 19.1 Å². The van der Waals surface area contributed by atoms with Gasteiger partial charge in [0.15, 0.2) is 11.5 Å². The van der Waals surface area contributed by atoms with Gasteiger partial charge in [0.2, 0.25) is 5.91 Å². The van der Waals surface area contributed by atoms with Gasteiger partial charge in [-0.1, -0.05) is 6.07 Å². The molecule has 2 N–H and O–H groups in total. The smallest absolute Gasteiger partial charge is 0.317 e. The molecule has 2 saturated carbocycles. The number of nitrogens with one attached hydrogen (secondary N) is 2. The van der Waals surface area contributed by atoms with Gasteiger partial charge in [-0.25, -0.2) is 4.79 Å². The largest absolute Gasteiger partial charge is 0.486 e. The van der Waals surface area contributed by atoms with E-state index in [1.807, 2.05) is 23.1 Å². The van der Waals surface area contributed by atoms with Crippen molar-refractivity contribution in [1.29, 1.82) is 0 Å². The molecule has 4 aliphatic rings. The molecule has 2 aliphatic heterocycles. The second-order valence-electron chi connectivity index (χ2n) is 8.74. The lowest BCUT2D eigenvalue weighted by Gasteiger charge is -2.33. The lowest BCUT2D eigenvalue weighted by molar-refractivity contribution is -0.126. The predicted molar refractivity (Wildman–Crippen MR) is 107 cm³/mol. The quantitative estimate of drug-likeness (QED) is 0.798. The molecule has 0 radical (unpaired) electrons. The van der Waals surface area contributed by atoms with Crippen LogP contribution in [0.3, 0.4) is 0 Å². The molecule has 1 aromatic carbocycles. The van der Waals surface area contributed by atoms with E-state index in [-0.39, 0.29) is 23.9 Å². The van der Waals surface area contributed by atoms with Gasteiger partial charge >= 0.3 is 6.03 Å². The normalized spacial score (nSPS) is 24.6. The van der Waals surface area contributed by atoms with E-state index in [4.69, 9.17) is 9.47 Å². The molecule has 2 atom stereocenters. The molecule has 2 heterocycles. The van der Waals surface area contributed by atoms with Gasteiger partial charge in [0.25, 0.3) is 0 Å². The molecule has 3 fully saturated rings. The second-order valence-corrected chi connectivity index (χ2v) is 8.74. The van der Waals surface area contributed by atoms with Crippen molar-refractivity contribution >= 4 is 11.9 Å². The number of carbonyl (C=O) groups excluding carboxylic acids is 2. The van der Waals surface area contributed by atoms with Crippen LogP contribution in [0.4, 0.5) is 4.79 Å². The number of hydrogen-bond donors (Lipinski definition) is 2. The van der Waals surface area contributed by atoms with Crippen molar-refractivity contribution in [3.63, 3.8) is 0 Å². The lowest BCUT2D eigenvalue weighted by Crippen LogP contribution is -2.50. The first-order valence-electron chi connectivity index (χ1n) is 10.9. The van der Waals surface area contributed by atoms with Crippen LogP contribution < -0.4 is 20.1 Å². The van der Waals surface area contributed by atoms with Crippen LogP contribution >= 0.6 is 0 Å². The molecule has 1 aromatic rings. The first kappa shape index (κ1) is 18.6. The molecule has 2 unspecified atom stereocenters. The Morgan fingerprint density at radius 3 is 2.59 bits per heavy atom. The monoisotopic (exact) mass is 399 g/mol. The number of carbonyl (C=O) groups is 2. The highest BCUT2D eigenvalue weighted by atomic mass is 16.6. The summed E-state index contributed by atoms with van der Waals surface area (Å²) < 4.78 is 11.3. The fourth-order valence-electron chi connectivity index (χ4n) is 4.30. The summed E-state index contributed by atoms with van der Waals surface area (Å²) in [6, 6.07) is 6.23. The Labute approximate surface area is 171 Å². The van der Waals surface area contributed by atoms with Crippen molar-refractivity contribution in [3.05, 3.63) is 23.8 Å². The molecule has 5 rings (SSSR count). The number of rotatable bonds is 5. The van der Waals surface area contributed by atoms with E-state index in [9.17, 15) is 9.59 Å². The SMILES string of the molecule is O=C(NC1CC1)C1CCCN(C(=O)NC(c2ccc3c(c2)OCCO3)C2CC2)C1. The van der Waals surface area contributed by atoms with E-state index in [2.05, 4.69) is 10.6 Å². The maximum Gasteiger partial charge on any atom is 0.317 e. The van der Waals surface area contributed by atoms with E-state index in [1.54, 1.807) is 0 Å². The van der Waals surface area contributed by atoms with Crippen LogP contribution in [0.25, 0.3) is 0 Å². The number of urea groups is 1. The molecule has 29 heavy (non-hydrogen) atoms. The van der Waals surface area contributed by atoms with Gasteiger partial charge in [-0.2, -0.15) is 0 Å². The highest BCUT2D eigenvalue weighted by Gasteiger charge is 2.37. The van der Waals surface area contributed by atoms with E-state index >= 15 is 0 Å². The molecular weight excluding hydrogens is 370 g/mol. The first-order chi connectivity index (χ1) is 14.2. The third kappa shape index (κ3) is 4.28. The van der Waals surface area contributed by atoms with E-state index < -0.39 is 0 Å². The zero-order valence-electron chi connectivity index (χ0n) is 16.7. The molecule has 7 nitrogen and oxygen atoms in total. The van der Waals surface area contributed by atoms with Crippen LogP contribution in [0.1, 0.15) is 50.1 Å². The van der Waals surface area contributed by atoms with Crippen LogP contribution in [0.15, 0.2) is 18.2 Å². The Hall–Kier alpha value is -2.44. The summed E-state index contributed by atoms with van der Waals surface area (Å²) in [6.45, 7) is 2.33. The lowest BCUT2D eigenvalue weighted by atomic mass is 9.97. The van der Waals surface area contributed by atoms with E-state index in [0.717, 1.165) is 55.6 Å².